The maximum atomic E-state index is 13.2. The summed E-state index contributed by atoms with van der Waals surface area (Å²) in [6.45, 7) is 5.23. The summed E-state index contributed by atoms with van der Waals surface area (Å²) >= 11 is 0. The number of nitrogens with zero attached hydrogens (tertiary/aromatic N) is 2. The zero-order valence-corrected chi connectivity index (χ0v) is 19.5. The molecule has 1 aliphatic heterocycles. The van der Waals surface area contributed by atoms with Gasteiger partial charge in [0.15, 0.2) is 5.78 Å². The van der Waals surface area contributed by atoms with Crippen molar-refractivity contribution in [3.8, 4) is 17.2 Å². The van der Waals surface area contributed by atoms with E-state index < -0.39 is 17.9 Å². The Morgan fingerprint density at radius 3 is 2.39 bits per heavy atom. The number of ketones is 1. The number of rotatable bonds is 7. The molecule has 7 nitrogen and oxygen atoms in total. The molecule has 0 bridgehead atoms. The summed E-state index contributed by atoms with van der Waals surface area (Å²) in [5, 5.41) is 0. The molecule has 0 spiro atoms. The Labute approximate surface area is 199 Å². The van der Waals surface area contributed by atoms with Crippen molar-refractivity contribution >= 4 is 30.0 Å². The standard InChI is InChI=1S/C25H26N2O5.ClH/c1-16-7-12-20(21(28)15-16)27-24(29)19-5-4-6-22(23(19)25(27)30)32-18-10-8-17(9-11-18)31-14-13-26(2)3;/h4-6,8-11,20H,1,7,12-15H2,2-3H3;1H. The van der Waals surface area contributed by atoms with Crippen LogP contribution in [0, 0.1) is 0 Å². The highest BCUT2D eigenvalue weighted by Crippen LogP contribution is 2.37. The molecule has 2 aromatic rings. The van der Waals surface area contributed by atoms with Crippen LogP contribution in [0.1, 0.15) is 40.0 Å². The van der Waals surface area contributed by atoms with Gasteiger partial charge in [-0.2, -0.15) is 0 Å². The van der Waals surface area contributed by atoms with Crippen LogP contribution in [0.15, 0.2) is 54.6 Å². The number of carbonyl (C=O) groups excluding carboxylic acids is 3. The first kappa shape index (κ1) is 24.5. The van der Waals surface area contributed by atoms with Crippen molar-refractivity contribution in [2.75, 3.05) is 27.2 Å². The van der Waals surface area contributed by atoms with E-state index in [1.54, 1.807) is 42.5 Å². The predicted molar refractivity (Wildman–Crippen MR) is 127 cm³/mol. The van der Waals surface area contributed by atoms with Gasteiger partial charge in [0.25, 0.3) is 11.8 Å². The first-order valence-electron chi connectivity index (χ1n) is 10.6. The average molecular weight is 471 g/mol. The van der Waals surface area contributed by atoms with Crippen molar-refractivity contribution in [3.05, 3.63) is 65.7 Å². The molecule has 1 atom stereocenters. The molecule has 8 heteroatoms. The second-order valence-electron chi connectivity index (χ2n) is 8.33. The van der Waals surface area contributed by atoms with Gasteiger partial charge in [0.2, 0.25) is 0 Å². The Balaban J connectivity index is 0.00000306. The fraction of sp³-hybridized carbons (Fsp3) is 0.320. The fourth-order valence-corrected chi connectivity index (χ4v) is 3.94. The fourth-order valence-electron chi connectivity index (χ4n) is 3.94. The lowest BCUT2D eigenvalue weighted by Crippen LogP contribution is -2.46. The summed E-state index contributed by atoms with van der Waals surface area (Å²) in [6, 6.07) is 11.3. The van der Waals surface area contributed by atoms with Gasteiger partial charge in [-0.15, -0.1) is 12.4 Å². The SMILES string of the molecule is C=C1CCC(N2C(=O)c3cccc(Oc4ccc(OCCN(C)C)cc4)c3C2=O)C(=O)C1.Cl. The van der Waals surface area contributed by atoms with Crippen molar-refractivity contribution in [1.82, 2.24) is 9.80 Å². The molecule has 4 rings (SSSR count). The molecule has 2 aliphatic rings. The summed E-state index contributed by atoms with van der Waals surface area (Å²) < 4.78 is 11.6. The lowest BCUT2D eigenvalue weighted by molar-refractivity contribution is -0.123. The number of benzene rings is 2. The Hall–Kier alpha value is -3.16. The lowest BCUT2D eigenvalue weighted by Gasteiger charge is -2.29. The van der Waals surface area contributed by atoms with Crippen LogP contribution < -0.4 is 9.47 Å². The number of hydrogen-bond donors (Lipinski definition) is 0. The number of fused-ring (bicyclic) bond motifs is 1. The van der Waals surface area contributed by atoms with Crippen LogP contribution in [-0.2, 0) is 4.79 Å². The van der Waals surface area contributed by atoms with Gasteiger partial charge in [-0.1, -0.05) is 18.2 Å². The van der Waals surface area contributed by atoms with Crippen LogP contribution in [0.3, 0.4) is 0 Å². The molecule has 1 saturated carbocycles. The number of imide groups is 1. The van der Waals surface area contributed by atoms with Crippen LogP contribution >= 0.6 is 12.4 Å². The number of amides is 2. The molecule has 1 fully saturated rings. The van der Waals surface area contributed by atoms with Gasteiger partial charge in [-0.3, -0.25) is 19.3 Å². The first-order valence-corrected chi connectivity index (χ1v) is 10.6. The Morgan fingerprint density at radius 1 is 1.03 bits per heavy atom. The summed E-state index contributed by atoms with van der Waals surface area (Å²) in [7, 11) is 3.96. The molecule has 1 aliphatic carbocycles. The number of Topliss-reactive ketones (excluding diaryl/α,β-unsaturated/α-hetero) is 1. The largest absolute Gasteiger partial charge is 0.492 e. The Kier molecular flexibility index (Phi) is 7.56. The molecular formula is C25H27ClN2O5. The molecule has 1 heterocycles. The summed E-state index contributed by atoms with van der Waals surface area (Å²) in [4.78, 5) is 41.8. The van der Waals surface area contributed by atoms with Crippen LogP contribution in [0.25, 0.3) is 0 Å². The number of ether oxygens (including phenoxy) is 2. The van der Waals surface area contributed by atoms with Gasteiger partial charge in [0, 0.05) is 13.0 Å². The summed E-state index contributed by atoms with van der Waals surface area (Å²) in [5.74, 6) is 0.427. The van der Waals surface area contributed by atoms with E-state index in [1.807, 2.05) is 19.0 Å². The smallest absolute Gasteiger partial charge is 0.266 e. The van der Waals surface area contributed by atoms with Crippen molar-refractivity contribution < 1.29 is 23.9 Å². The molecule has 2 amide bonds. The molecule has 174 valence electrons. The second kappa shape index (κ2) is 10.2. The van der Waals surface area contributed by atoms with E-state index in [0.29, 0.717) is 30.9 Å². The Morgan fingerprint density at radius 2 is 1.73 bits per heavy atom. The number of carbonyl (C=O) groups is 3. The predicted octanol–water partition coefficient (Wildman–Crippen LogP) is 4.11. The van der Waals surface area contributed by atoms with Crippen molar-refractivity contribution in [3.63, 3.8) is 0 Å². The van der Waals surface area contributed by atoms with E-state index >= 15 is 0 Å². The van der Waals surface area contributed by atoms with E-state index in [1.165, 1.54) is 0 Å². The van der Waals surface area contributed by atoms with E-state index in [0.717, 1.165) is 17.0 Å². The molecule has 0 saturated heterocycles. The monoisotopic (exact) mass is 470 g/mol. The minimum Gasteiger partial charge on any atom is -0.492 e. The molecular weight excluding hydrogens is 444 g/mol. The van der Waals surface area contributed by atoms with Crippen molar-refractivity contribution in [2.24, 2.45) is 0 Å². The van der Waals surface area contributed by atoms with E-state index in [2.05, 4.69) is 6.58 Å². The van der Waals surface area contributed by atoms with Gasteiger partial charge in [-0.25, -0.2) is 0 Å². The van der Waals surface area contributed by atoms with E-state index in [-0.39, 0.29) is 41.5 Å². The highest BCUT2D eigenvalue weighted by Gasteiger charge is 2.45. The molecule has 33 heavy (non-hydrogen) atoms. The first-order chi connectivity index (χ1) is 15.3. The molecule has 0 aromatic heterocycles. The maximum Gasteiger partial charge on any atom is 0.266 e. The van der Waals surface area contributed by atoms with E-state index in [4.69, 9.17) is 9.47 Å². The van der Waals surface area contributed by atoms with Crippen molar-refractivity contribution in [2.45, 2.75) is 25.3 Å². The van der Waals surface area contributed by atoms with Crippen LogP contribution in [0.5, 0.6) is 17.2 Å². The summed E-state index contributed by atoms with van der Waals surface area (Å²) in [5.41, 5.74) is 1.29. The van der Waals surface area contributed by atoms with Gasteiger partial charge >= 0.3 is 0 Å². The molecule has 1 unspecified atom stereocenters. The summed E-state index contributed by atoms with van der Waals surface area (Å²) in [6.07, 6.45) is 1.23. The number of hydrogen-bond acceptors (Lipinski definition) is 6. The van der Waals surface area contributed by atoms with Crippen molar-refractivity contribution in [1.29, 1.82) is 0 Å². The van der Waals surface area contributed by atoms with Gasteiger partial charge < -0.3 is 14.4 Å². The third-order valence-electron chi connectivity index (χ3n) is 5.65. The normalized spacial score (nSPS) is 17.8. The van der Waals surface area contributed by atoms with Crippen LogP contribution in [-0.4, -0.2) is 60.7 Å². The number of likely N-dealkylation sites (N-methyl/N-ethyl adjacent to an activating group) is 1. The highest BCUT2D eigenvalue weighted by atomic mass is 35.5. The topological polar surface area (TPSA) is 76.2 Å². The quantitative estimate of drug-likeness (QED) is 0.447. The molecule has 0 N–H and O–H groups in total. The third kappa shape index (κ3) is 5.10. The second-order valence-corrected chi connectivity index (χ2v) is 8.33. The maximum absolute atomic E-state index is 13.2. The van der Waals surface area contributed by atoms with Gasteiger partial charge in [-0.05, 0) is 63.3 Å². The number of halogens is 1. The minimum absolute atomic E-state index is 0. The van der Waals surface area contributed by atoms with Gasteiger partial charge in [0.1, 0.15) is 23.9 Å². The van der Waals surface area contributed by atoms with Crippen LogP contribution in [0.2, 0.25) is 0 Å². The average Bonchev–Trinajstić information content (AvgIpc) is 3.00. The minimum atomic E-state index is -0.751. The van der Waals surface area contributed by atoms with Crippen LogP contribution in [0.4, 0.5) is 0 Å². The molecule has 2 aromatic carbocycles. The lowest BCUT2D eigenvalue weighted by atomic mass is 9.89. The third-order valence-corrected chi connectivity index (χ3v) is 5.65. The Bertz CT molecular complexity index is 1080. The van der Waals surface area contributed by atoms with Gasteiger partial charge in [0.05, 0.1) is 17.2 Å². The number of allylic oxidation sites excluding steroid dienone is 1. The zero-order valence-electron chi connectivity index (χ0n) is 18.7. The van der Waals surface area contributed by atoms with E-state index in [9.17, 15) is 14.4 Å². The molecule has 0 radical (unpaired) electrons. The highest BCUT2D eigenvalue weighted by molar-refractivity contribution is 6.24. The zero-order chi connectivity index (χ0) is 22.8.